The average Bonchev–Trinajstić information content (AvgIpc) is 3.19. The van der Waals surface area contributed by atoms with E-state index in [1.807, 2.05) is 13.0 Å². The van der Waals surface area contributed by atoms with Crippen LogP contribution in [0.15, 0.2) is 43.1 Å². The number of carbonyl (C=O) groups excluding carboxylic acids is 1. The maximum atomic E-state index is 12.5. The number of amides is 1. The van der Waals surface area contributed by atoms with E-state index in [-0.39, 0.29) is 17.6 Å². The van der Waals surface area contributed by atoms with Crippen LogP contribution in [0.25, 0.3) is 5.69 Å². The predicted molar refractivity (Wildman–Crippen MR) is 84.4 cm³/mol. The van der Waals surface area contributed by atoms with Gasteiger partial charge in [-0.1, -0.05) is 11.6 Å². The number of hydrogen-bond acceptors (Lipinski definition) is 5. The third-order valence-corrected chi connectivity index (χ3v) is 3.48. The Hall–Kier alpha value is -2.74. The molecular formula is C14H14ClN7O. The fraction of sp³-hybridized carbons (Fsp3) is 0.214. The molecule has 118 valence electrons. The van der Waals surface area contributed by atoms with Gasteiger partial charge < -0.3 is 4.90 Å². The Kier molecular flexibility index (Phi) is 4.33. The molecule has 0 fully saturated rings. The molecule has 3 heterocycles. The lowest BCUT2D eigenvalue weighted by atomic mass is 10.4. The summed E-state index contributed by atoms with van der Waals surface area (Å²) in [5, 5.41) is 12.4. The number of pyridine rings is 1. The number of aromatic nitrogens is 6. The number of halogens is 1. The van der Waals surface area contributed by atoms with Gasteiger partial charge in [0.05, 0.1) is 30.5 Å². The molecule has 0 bridgehead atoms. The number of rotatable bonds is 5. The minimum atomic E-state index is -0.170. The zero-order chi connectivity index (χ0) is 16.2. The second-order valence-electron chi connectivity index (χ2n) is 4.66. The Balaban J connectivity index is 1.86. The van der Waals surface area contributed by atoms with Crippen molar-refractivity contribution in [2.75, 3.05) is 11.4 Å². The molecule has 0 saturated carbocycles. The minimum absolute atomic E-state index is 0.0369. The van der Waals surface area contributed by atoms with Crippen molar-refractivity contribution in [2.24, 2.45) is 0 Å². The fourth-order valence-corrected chi connectivity index (χ4v) is 2.39. The van der Waals surface area contributed by atoms with Gasteiger partial charge in [0.1, 0.15) is 12.2 Å². The molecule has 0 aliphatic heterocycles. The van der Waals surface area contributed by atoms with Crippen molar-refractivity contribution >= 4 is 23.2 Å². The predicted octanol–water partition coefficient (Wildman–Crippen LogP) is 1.57. The lowest BCUT2D eigenvalue weighted by molar-refractivity contribution is -0.119. The molecule has 23 heavy (non-hydrogen) atoms. The number of likely N-dealkylation sites (N-methyl/N-ethyl adjacent to an activating group) is 1. The highest BCUT2D eigenvalue weighted by molar-refractivity contribution is 6.32. The molecular weight excluding hydrogens is 318 g/mol. The first-order valence-electron chi connectivity index (χ1n) is 6.99. The summed E-state index contributed by atoms with van der Waals surface area (Å²) in [5.74, 6) is -0.170. The number of hydrogen-bond donors (Lipinski definition) is 0. The van der Waals surface area contributed by atoms with Crippen LogP contribution in [-0.2, 0) is 11.3 Å². The molecule has 0 radical (unpaired) electrons. The van der Waals surface area contributed by atoms with E-state index in [0.717, 1.165) is 5.69 Å². The van der Waals surface area contributed by atoms with Crippen LogP contribution in [0.3, 0.4) is 0 Å². The van der Waals surface area contributed by atoms with E-state index >= 15 is 0 Å². The summed E-state index contributed by atoms with van der Waals surface area (Å²) in [5.41, 5.74) is 1.30. The second-order valence-corrected chi connectivity index (χ2v) is 5.02. The Labute approximate surface area is 137 Å². The molecule has 0 aliphatic rings. The molecule has 0 aromatic carbocycles. The molecule has 0 saturated heterocycles. The molecule has 0 spiro atoms. The highest BCUT2D eigenvalue weighted by Gasteiger charge is 2.21. The third kappa shape index (κ3) is 3.21. The van der Waals surface area contributed by atoms with E-state index in [0.29, 0.717) is 12.2 Å². The van der Waals surface area contributed by atoms with Crippen molar-refractivity contribution < 1.29 is 4.79 Å². The van der Waals surface area contributed by atoms with Gasteiger partial charge in [-0.05, 0) is 19.1 Å². The fourth-order valence-electron chi connectivity index (χ4n) is 2.16. The van der Waals surface area contributed by atoms with Crippen LogP contribution in [0.2, 0.25) is 5.15 Å². The van der Waals surface area contributed by atoms with Gasteiger partial charge in [0, 0.05) is 12.7 Å². The van der Waals surface area contributed by atoms with E-state index in [1.54, 1.807) is 34.2 Å². The molecule has 0 unspecified atom stereocenters. The van der Waals surface area contributed by atoms with Crippen LogP contribution >= 0.6 is 11.6 Å². The second kappa shape index (κ2) is 6.57. The summed E-state index contributed by atoms with van der Waals surface area (Å²) in [6.45, 7) is 2.36. The van der Waals surface area contributed by atoms with Gasteiger partial charge in [-0.2, -0.15) is 20.1 Å². The third-order valence-electron chi connectivity index (χ3n) is 3.21. The van der Waals surface area contributed by atoms with Gasteiger partial charge in [-0.25, -0.2) is 4.68 Å². The van der Waals surface area contributed by atoms with Crippen molar-refractivity contribution in [1.29, 1.82) is 0 Å². The van der Waals surface area contributed by atoms with E-state index in [2.05, 4.69) is 20.3 Å². The maximum absolute atomic E-state index is 12.5. The van der Waals surface area contributed by atoms with Crippen molar-refractivity contribution in [2.45, 2.75) is 13.5 Å². The van der Waals surface area contributed by atoms with Gasteiger partial charge in [0.25, 0.3) is 5.91 Å². The zero-order valence-corrected chi connectivity index (χ0v) is 13.1. The van der Waals surface area contributed by atoms with E-state index in [4.69, 9.17) is 11.6 Å². The standard InChI is InChI=1S/C14H14ClN7O/c1-2-20(13(23)10-22-17-6-7-18-22)12-9-21(19-14(12)15)11-4-3-5-16-8-11/h3-9H,2,10H2,1H3. The van der Waals surface area contributed by atoms with Crippen LogP contribution in [0, 0.1) is 0 Å². The van der Waals surface area contributed by atoms with Crippen molar-refractivity contribution in [3.63, 3.8) is 0 Å². The first-order valence-corrected chi connectivity index (χ1v) is 7.37. The van der Waals surface area contributed by atoms with E-state index < -0.39 is 0 Å². The lowest BCUT2D eigenvalue weighted by Crippen LogP contribution is -2.34. The highest BCUT2D eigenvalue weighted by atomic mass is 35.5. The monoisotopic (exact) mass is 331 g/mol. The topological polar surface area (TPSA) is 81.7 Å². The summed E-state index contributed by atoms with van der Waals surface area (Å²) in [7, 11) is 0. The van der Waals surface area contributed by atoms with Crippen molar-refractivity contribution in [1.82, 2.24) is 29.8 Å². The molecule has 9 heteroatoms. The molecule has 3 aromatic heterocycles. The Bertz CT molecular complexity index is 785. The average molecular weight is 332 g/mol. The molecule has 8 nitrogen and oxygen atoms in total. The van der Waals surface area contributed by atoms with Gasteiger partial charge in [-0.15, -0.1) is 0 Å². The van der Waals surface area contributed by atoms with E-state index in [1.165, 1.54) is 17.2 Å². The number of nitrogens with zero attached hydrogens (tertiary/aromatic N) is 7. The Morgan fingerprint density at radius 1 is 1.30 bits per heavy atom. The summed E-state index contributed by atoms with van der Waals surface area (Å²) in [6.07, 6.45) is 8.10. The van der Waals surface area contributed by atoms with Gasteiger partial charge in [0.15, 0.2) is 5.15 Å². The zero-order valence-electron chi connectivity index (χ0n) is 12.4. The highest BCUT2D eigenvalue weighted by Crippen LogP contribution is 2.26. The minimum Gasteiger partial charge on any atom is -0.307 e. The normalized spacial score (nSPS) is 10.7. The van der Waals surface area contributed by atoms with Crippen LogP contribution in [0.1, 0.15) is 6.92 Å². The summed E-state index contributed by atoms with van der Waals surface area (Å²) in [6, 6.07) is 3.66. The van der Waals surface area contributed by atoms with Crippen molar-refractivity contribution in [3.05, 3.63) is 48.3 Å². The van der Waals surface area contributed by atoms with Gasteiger partial charge in [-0.3, -0.25) is 9.78 Å². The quantitative estimate of drug-likeness (QED) is 0.708. The Morgan fingerprint density at radius 3 is 2.74 bits per heavy atom. The molecule has 0 aliphatic carbocycles. The number of carbonyl (C=O) groups is 1. The summed E-state index contributed by atoms with van der Waals surface area (Å²) >= 11 is 6.21. The Morgan fingerprint density at radius 2 is 2.09 bits per heavy atom. The molecule has 3 rings (SSSR count). The first kappa shape index (κ1) is 15.2. The summed E-state index contributed by atoms with van der Waals surface area (Å²) in [4.78, 5) is 19.4. The molecule has 1 amide bonds. The SMILES string of the molecule is CCN(C(=O)Cn1nccn1)c1cn(-c2cccnc2)nc1Cl. The number of anilines is 1. The largest absolute Gasteiger partial charge is 0.307 e. The molecule has 0 atom stereocenters. The van der Waals surface area contributed by atoms with Crippen LogP contribution in [-0.4, -0.2) is 42.2 Å². The maximum Gasteiger partial charge on any atom is 0.250 e. The van der Waals surface area contributed by atoms with Crippen molar-refractivity contribution in [3.8, 4) is 5.69 Å². The lowest BCUT2D eigenvalue weighted by Gasteiger charge is -2.19. The van der Waals surface area contributed by atoms with Gasteiger partial charge in [0.2, 0.25) is 0 Å². The van der Waals surface area contributed by atoms with Crippen LogP contribution < -0.4 is 4.90 Å². The van der Waals surface area contributed by atoms with Crippen LogP contribution in [0.4, 0.5) is 5.69 Å². The van der Waals surface area contributed by atoms with E-state index in [9.17, 15) is 4.79 Å². The van der Waals surface area contributed by atoms with Crippen LogP contribution in [0.5, 0.6) is 0 Å². The molecule has 3 aromatic rings. The summed E-state index contributed by atoms with van der Waals surface area (Å²) < 4.78 is 1.59. The smallest absolute Gasteiger partial charge is 0.250 e. The molecule has 0 N–H and O–H groups in total. The first-order chi connectivity index (χ1) is 11.2. The van der Waals surface area contributed by atoms with Gasteiger partial charge >= 0.3 is 0 Å².